The molecule has 0 saturated carbocycles. The predicted octanol–water partition coefficient (Wildman–Crippen LogP) is 4.95. The van der Waals surface area contributed by atoms with Crippen LogP contribution >= 0.6 is 0 Å². The third kappa shape index (κ3) is 2.73. The summed E-state index contributed by atoms with van der Waals surface area (Å²) in [6, 6.07) is 21.1. The molecule has 126 valence electrons. The van der Waals surface area contributed by atoms with Crippen LogP contribution in [-0.2, 0) is 6.61 Å². The van der Waals surface area contributed by atoms with E-state index in [4.69, 9.17) is 10.5 Å². The largest absolute Gasteiger partial charge is 0.489 e. The fourth-order valence-corrected chi connectivity index (χ4v) is 3.79. The molecular formula is C23H23NO. The Morgan fingerprint density at radius 2 is 1.72 bits per heavy atom. The molecule has 1 aliphatic carbocycles. The highest BCUT2D eigenvalue weighted by molar-refractivity contribution is 5.82. The van der Waals surface area contributed by atoms with Crippen LogP contribution in [0.25, 0.3) is 11.1 Å². The molecule has 1 atom stereocenters. The third-order valence-corrected chi connectivity index (χ3v) is 5.30. The highest BCUT2D eigenvalue weighted by Gasteiger charge is 2.29. The molecule has 25 heavy (non-hydrogen) atoms. The molecule has 2 nitrogen and oxygen atoms in total. The Hall–Kier alpha value is -2.58. The predicted molar refractivity (Wildman–Crippen MR) is 103 cm³/mol. The summed E-state index contributed by atoms with van der Waals surface area (Å²) in [6.07, 6.45) is 0. The lowest BCUT2D eigenvalue weighted by Crippen LogP contribution is -2.11. The lowest BCUT2D eigenvalue weighted by atomic mass is 9.94. The molecule has 1 aliphatic rings. The molecule has 0 amide bonds. The number of rotatable bonds is 4. The molecule has 0 radical (unpaired) electrons. The molecule has 2 N–H and O–H groups in total. The Morgan fingerprint density at radius 3 is 2.48 bits per heavy atom. The second-order valence-corrected chi connectivity index (χ2v) is 6.78. The van der Waals surface area contributed by atoms with E-state index in [2.05, 4.69) is 56.3 Å². The normalized spacial score (nSPS) is 14.9. The van der Waals surface area contributed by atoms with Crippen molar-refractivity contribution in [2.45, 2.75) is 26.4 Å². The Morgan fingerprint density at radius 1 is 0.920 bits per heavy atom. The molecule has 3 aromatic rings. The van der Waals surface area contributed by atoms with Crippen LogP contribution in [-0.4, -0.2) is 6.54 Å². The van der Waals surface area contributed by atoms with Crippen LogP contribution in [0.1, 0.15) is 33.7 Å². The summed E-state index contributed by atoms with van der Waals surface area (Å²) in [4.78, 5) is 0. The first kappa shape index (κ1) is 15.9. The minimum Gasteiger partial charge on any atom is -0.489 e. The smallest absolute Gasteiger partial charge is 0.120 e. The third-order valence-electron chi connectivity index (χ3n) is 5.30. The first-order valence-corrected chi connectivity index (χ1v) is 8.80. The fraction of sp³-hybridized carbons (Fsp3) is 0.217. The van der Waals surface area contributed by atoms with Crippen molar-refractivity contribution in [1.29, 1.82) is 0 Å². The van der Waals surface area contributed by atoms with Gasteiger partial charge in [0.2, 0.25) is 0 Å². The van der Waals surface area contributed by atoms with Crippen molar-refractivity contribution in [1.82, 2.24) is 0 Å². The number of ether oxygens (including phenoxy) is 1. The fourth-order valence-electron chi connectivity index (χ4n) is 3.79. The Bertz CT molecular complexity index is 915. The van der Waals surface area contributed by atoms with Gasteiger partial charge in [-0.05, 0) is 64.9 Å². The van der Waals surface area contributed by atoms with E-state index < -0.39 is 0 Å². The zero-order valence-corrected chi connectivity index (χ0v) is 14.8. The van der Waals surface area contributed by atoms with Gasteiger partial charge in [0.15, 0.2) is 0 Å². The molecule has 1 unspecified atom stereocenters. The van der Waals surface area contributed by atoms with Gasteiger partial charge < -0.3 is 10.5 Å². The van der Waals surface area contributed by atoms with Crippen LogP contribution < -0.4 is 10.5 Å². The number of aryl methyl sites for hydroxylation is 1. The first-order valence-electron chi connectivity index (χ1n) is 8.80. The summed E-state index contributed by atoms with van der Waals surface area (Å²) in [5, 5.41) is 0. The molecule has 0 aromatic heterocycles. The van der Waals surface area contributed by atoms with Gasteiger partial charge >= 0.3 is 0 Å². The number of hydrogen-bond acceptors (Lipinski definition) is 2. The second kappa shape index (κ2) is 6.38. The second-order valence-electron chi connectivity index (χ2n) is 6.78. The van der Waals surface area contributed by atoms with Crippen molar-refractivity contribution in [2.75, 3.05) is 6.54 Å². The summed E-state index contributed by atoms with van der Waals surface area (Å²) in [5.74, 6) is 1.16. The highest BCUT2D eigenvalue weighted by Crippen LogP contribution is 2.47. The maximum absolute atomic E-state index is 6.13. The SMILES string of the molecule is Cc1ccc2c(c1C)-c1ccc(OCc3ccccc3)cc1C2CN. The van der Waals surface area contributed by atoms with Gasteiger partial charge in [-0.15, -0.1) is 0 Å². The molecule has 0 heterocycles. The quantitative estimate of drug-likeness (QED) is 0.735. The Balaban J connectivity index is 1.69. The van der Waals surface area contributed by atoms with E-state index in [0.717, 1.165) is 5.75 Å². The highest BCUT2D eigenvalue weighted by atomic mass is 16.5. The number of hydrogen-bond donors (Lipinski definition) is 1. The van der Waals surface area contributed by atoms with Crippen LogP contribution in [0.15, 0.2) is 60.7 Å². The number of fused-ring (bicyclic) bond motifs is 3. The summed E-state index contributed by atoms with van der Waals surface area (Å²) in [6.45, 7) is 5.57. The van der Waals surface area contributed by atoms with Crippen molar-refractivity contribution < 1.29 is 4.74 Å². The average molecular weight is 329 g/mol. The van der Waals surface area contributed by atoms with Gasteiger partial charge in [0, 0.05) is 12.5 Å². The van der Waals surface area contributed by atoms with Gasteiger partial charge in [0.05, 0.1) is 0 Å². The first-order chi connectivity index (χ1) is 12.2. The van der Waals surface area contributed by atoms with Crippen molar-refractivity contribution in [3.05, 3.63) is 88.5 Å². The summed E-state index contributed by atoms with van der Waals surface area (Å²) < 4.78 is 6.02. The van der Waals surface area contributed by atoms with E-state index in [1.165, 1.54) is 38.9 Å². The molecular weight excluding hydrogens is 306 g/mol. The van der Waals surface area contributed by atoms with Crippen LogP contribution in [0.3, 0.4) is 0 Å². The zero-order valence-electron chi connectivity index (χ0n) is 14.8. The molecule has 3 aromatic carbocycles. The van der Waals surface area contributed by atoms with Gasteiger partial charge in [-0.25, -0.2) is 0 Å². The van der Waals surface area contributed by atoms with Crippen molar-refractivity contribution in [3.63, 3.8) is 0 Å². The van der Waals surface area contributed by atoms with E-state index in [0.29, 0.717) is 13.2 Å². The van der Waals surface area contributed by atoms with Crippen LogP contribution in [0.5, 0.6) is 5.75 Å². The minimum atomic E-state index is 0.254. The molecule has 0 spiro atoms. The van der Waals surface area contributed by atoms with Crippen molar-refractivity contribution >= 4 is 0 Å². The molecule has 4 rings (SSSR count). The number of benzene rings is 3. The maximum Gasteiger partial charge on any atom is 0.120 e. The van der Waals surface area contributed by atoms with E-state index >= 15 is 0 Å². The van der Waals surface area contributed by atoms with Gasteiger partial charge in [-0.1, -0.05) is 48.5 Å². The summed E-state index contributed by atoms with van der Waals surface area (Å²) in [7, 11) is 0. The molecule has 0 aliphatic heterocycles. The summed E-state index contributed by atoms with van der Waals surface area (Å²) >= 11 is 0. The van der Waals surface area contributed by atoms with E-state index in [9.17, 15) is 0 Å². The molecule has 2 heteroatoms. The topological polar surface area (TPSA) is 35.2 Å². The number of nitrogens with two attached hydrogens (primary N) is 1. The van der Waals surface area contributed by atoms with E-state index in [1.807, 2.05) is 18.2 Å². The van der Waals surface area contributed by atoms with Crippen LogP contribution in [0.2, 0.25) is 0 Å². The Labute approximate surface area is 149 Å². The molecule has 0 fully saturated rings. The summed E-state index contributed by atoms with van der Waals surface area (Å²) in [5.41, 5.74) is 15.3. The standard InChI is InChI=1S/C23H23NO/c1-15-8-10-20-22(13-24)21-12-18(9-11-19(21)23(20)16(15)2)25-14-17-6-4-3-5-7-17/h3-12,22H,13-14,24H2,1-2H3. The lowest BCUT2D eigenvalue weighted by molar-refractivity contribution is 0.306. The zero-order chi connectivity index (χ0) is 17.4. The van der Waals surface area contributed by atoms with Gasteiger partial charge in [-0.2, -0.15) is 0 Å². The van der Waals surface area contributed by atoms with Crippen LogP contribution in [0.4, 0.5) is 0 Å². The average Bonchev–Trinajstić information content (AvgIpc) is 2.97. The van der Waals surface area contributed by atoms with Crippen LogP contribution in [0, 0.1) is 13.8 Å². The lowest BCUT2D eigenvalue weighted by Gasteiger charge is -2.13. The van der Waals surface area contributed by atoms with Gasteiger partial charge in [-0.3, -0.25) is 0 Å². The van der Waals surface area contributed by atoms with Crippen molar-refractivity contribution in [2.24, 2.45) is 5.73 Å². The van der Waals surface area contributed by atoms with Gasteiger partial charge in [0.25, 0.3) is 0 Å². The van der Waals surface area contributed by atoms with E-state index in [-0.39, 0.29) is 5.92 Å². The van der Waals surface area contributed by atoms with Crippen molar-refractivity contribution in [3.8, 4) is 16.9 Å². The Kier molecular flexibility index (Phi) is 4.06. The molecule has 0 saturated heterocycles. The molecule has 0 bridgehead atoms. The van der Waals surface area contributed by atoms with Gasteiger partial charge in [0.1, 0.15) is 12.4 Å². The maximum atomic E-state index is 6.13. The van der Waals surface area contributed by atoms with E-state index in [1.54, 1.807) is 0 Å². The monoisotopic (exact) mass is 329 g/mol. The minimum absolute atomic E-state index is 0.254.